The molecule has 0 radical (unpaired) electrons. The zero-order valence-electron chi connectivity index (χ0n) is 14.1. The van der Waals surface area contributed by atoms with Crippen LogP contribution in [-0.2, 0) is 22.6 Å². The highest BCUT2D eigenvalue weighted by Gasteiger charge is 2.27. The SMILES string of the molecule is CC(=O)N1CCc2nc(N)c(C#N)c(-c3ccccc3Cl)c2C1.O=CO. The number of anilines is 1. The van der Waals surface area contributed by atoms with Crippen LogP contribution in [0.5, 0.6) is 0 Å². The fourth-order valence-electron chi connectivity index (χ4n) is 2.92. The normalized spacial score (nSPS) is 12.3. The molecule has 1 amide bonds. The molecule has 0 saturated heterocycles. The van der Waals surface area contributed by atoms with Crippen molar-refractivity contribution in [1.82, 2.24) is 9.88 Å². The molecule has 0 saturated carbocycles. The molecule has 26 heavy (non-hydrogen) atoms. The van der Waals surface area contributed by atoms with E-state index in [1.165, 1.54) is 6.92 Å². The molecule has 0 bridgehead atoms. The van der Waals surface area contributed by atoms with Gasteiger partial charge in [0, 0.05) is 48.1 Å². The van der Waals surface area contributed by atoms with Gasteiger partial charge >= 0.3 is 0 Å². The molecule has 1 aromatic heterocycles. The van der Waals surface area contributed by atoms with Gasteiger partial charge in [-0.25, -0.2) is 4.98 Å². The Kier molecular flexibility index (Phi) is 6.15. The number of carbonyl (C=O) groups excluding carboxylic acids is 1. The van der Waals surface area contributed by atoms with Gasteiger partial charge < -0.3 is 15.7 Å². The summed E-state index contributed by atoms with van der Waals surface area (Å²) in [5.41, 5.74) is 9.39. The molecule has 0 unspecified atom stereocenters. The number of carbonyl (C=O) groups is 2. The Morgan fingerprint density at radius 1 is 1.46 bits per heavy atom. The number of hydrogen-bond donors (Lipinski definition) is 2. The Balaban J connectivity index is 0.000000758. The lowest BCUT2D eigenvalue weighted by molar-refractivity contribution is -0.129. The number of nitrogens with zero attached hydrogens (tertiary/aromatic N) is 3. The average Bonchev–Trinajstić information content (AvgIpc) is 2.61. The van der Waals surface area contributed by atoms with Crippen molar-refractivity contribution in [2.75, 3.05) is 12.3 Å². The number of carboxylic acid groups (broad SMARTS) is 1. The van der Waals surface area contributed by atoms with Crippen LogP contribution in [0.1, 0.15) is 23.7 Å². The number of fused-ring (bicyclic) bond motifs is 1. The van der Waals surface area contributed by atoms with Crippen LogP contribution < -0.4 is 5.73 Å². The van der Waals surface area contributed by atoms with E-state index in [2.05, 4.69) is 11.1 Å². The molecular weight excluding hydrogens is 356 g/mol. The van der Waals surface area contributed by atoms with Crippen molar-refractivity contribution < 1.29 is 14.7 Å². The second-order valence-electron chi connectivity index (χ2n) is 5.56. The minimum Gasteiger partial charge on any atom is -0.483 e. The van der Waals surface area contributed by atoms with Crippen LogP contribution in [-0.4, -0.2) is 33.9 Å². The number of amides is 1. The largest absolute Gasteiger partial charge is 0.483 e. The molecular formula is C18H17ClN4O3. The van der Waals surface area contributed by atoms with Gasteiger partial charge in [0.25, 0.3) is 6.47 Å². The molecule has 0 spiro atoms. The Bertz CT molecular complexity index is 893. The number of nitrogen functional groups attached to an aromatic ring is 1. The number of aromatic nitrogens is 1. The first-order valence-corrected chi connectivity index (χ1v) is 8.11. The molecule has 7 nitrogen and oxygen atoms in total. The third-order valence-corrected chi connectivity index (χ3v) is 4.41. The summed E-state index contributed by atoms with van der Waals surface area (Å²) in [7, 11) is 0. The molecule has 1 aliphatic heterocycles. The number of rotatable bonds is 1. The molecule has 3 rings (SSSR count). The molecule has 0 aliphatic carbocycles. The number of halogens is 1. The van der Waals surface area contributed by atoms with Crippen molar-refractivity contribution >= 4 is 29.8 Å². The summed E-state index contributed by atoms with van der Waals surface area (Å²) >= 11 is 6.33. The Morgan fingerprint density at radius 3 is 2.69 bits per heavy atom. The van der Waals surface area contributed by atoms with E-state index >= 15 is 0 Å². The molecule has 3 N–H and O–H groups in total. The van der Waals surface area contributed by atoms with Crippen LogP contribution in [0.2, 0.25) is 5.02 Å². The monoisotopic (exact) mass is 372 g/mol. The number of benzene rings is 1. The van der Waals surface area contributed by atoms with Gasteiger partial charge in [-0.1, -0.05) is 29.8 Å². The van der Waals surface area contributed by atoms with E-state index in [4.69, 9.17) is 27.2 Å². The van der Waals surface area contributed by atoms with Crippen molar-refractivity contribution in [2.24, 2.45) is 0 Å². The standard InChI is InChI=1S/C17H15ClN4O.CH2O2/c1-10(23)22-7-6-15-13(9-22)16(12(8-19)17(20)21-15)11-4-2-3-5-14(11)18;2-1-3/h2-5H,6-7,9H2,1H3,(H2,20,21);1H,(H,2,3). The number of nitrogens with two attached hydrogens (primary N) is 1. The van der Waals surface area contributed by atoms with Gasteiger partial charge in [0.2, 0.25) is 5.91 Å². The highest BCUT2D eigenvalue weighted by atomic mass is 35.5. The number of nitriles is 1. The van der Waals surface area contributed by atoms with E-state index in [9.17, 15) is 10.1 Å². The lowest BCUT2D eigenvalue weighted by atomic mass is 9.91. The average molecular weight is 373 g/mol. The molecule has 0 atom stereocenters. The number of pyridine rings is 1. The van der Waals surface area contributed by atoms with Crippen LogP contribution >= 0.6 is 11.6 Å². The van der Waals surface area contributed by atoms with Gasteiger partial charge in [-0.05, 0) is 6.07 Å². The Hall–Kier alpha value is -3.11. The summed E-state index contributed by atoms with van der Waals surface area (Å²) in [4.78, 5) is 26.2. The van der Waals surface area contributed by atoms with Crippen LogP contribution in [0.3, 0.4) is 0 Å². The molecule has 2 heterocycles. The van der Waals surface area contributed by atoms with Gasteiger partial charge in [-0.15, -0.1) is 0 Å². The van der Waals surface area contributed by atoms with E-state index in [-0.39, 0.29) is 18.2 Å². The van der Waals surface area contributed by atoms with Gasteiger partial charge in [0.15, 0.2) is 0 Å². The summed E-state index contributed by atoms with van der Waals surface area (Å²) in [5.74, 6) is 0.202. The highest BCUT2D eigenvalue weighted by molar-refractivity contribution is 6.33. The van der Waals surface area contributed by atoms with Crippen LogP contribution in [0.25, 0.3) is 11.1 Å². The molecule has 8 heteroatoms. The topological polar surface area (TPSA) is 120 Å². The van der Waals surface area contributed by atoms with Crippen molar-refractivity contribution in [3.05, 3.63) is 46.1 Å². The fraction of sp³-hybridized carbons (Fsp3) is 0.222. The van der Waals surface area contributed by atoms with Crippen molar-refractivity contribution in [3.8, 4) is 17.2 Å². The maximum Gasteiger partial charge on any atom is 0.290 e. The second kappa shape index (κ2) is 8.32. The van der Waals surface area contributed by atoms with Crippen LogP contribution in [0.4, 0.5) is 5.82 Å². The third-order valence-electron chi connectivity index (χ3n) is 4.08. The molecule has 134 valence electrons. The van der Waals surface area contributed by atoms with E-state index in [1.54, 1.807) is 11.0 Å². The van der Waals surface area contributed by atoms with Crippen molar-refractivity contribution in [3.63, 3.8) is 0 Å². The third kappa shape index (κ3) is 3.76. The minimum atomic E-state index is -0.250. The summed E-state index contributed by atoms with van der Waals surface area (Å²) in [5, 5.41) is 17.0. The van der Waals surface area contributed by atoms with Crippen molar-refractivity contribution in [1.29, 1.82) is 5.26 Å². The van der Waals surface area contributed by atoms with E-state index in [1.807, 2.05) is 18.2 Å². The zero-order valence-corrected chi connectivity index (χ0v) is 14.8. The minimum absolute atomic E-state index is 0.00362. The summed E-state index contributed by atoms with van der Waals surface area (Å²) in [6.07, 6.45) is 0.613. The lowest BCUT2D eigenvalue weighted by Gasteiger charge is -2.30. The van der Waals surface area contributed by atoms with Crippen LogP contribution in [0.15, 0.2) is 24.3 Å². The maximum atomic E-state index is 11.7. The Morgan fingerprint density at radius 2 is 2.12 bits per heavy atom. The Labute approximate surface area is 155 Å². The van der Waals surface area contributed by atoms with Crippen LogP contribution in [0, 0.1) is 11.3 Å². The van der Waals surface area contributed by atoms with Crippen molar-refractivity contribution in [2.45, 2.75) is 19.9 Å². The van der Waals surface area contributed by atoms with E-state index in [0.29, 0.717) is 35.7 Å². The predicted octanol–water partition coefficient (Wildman–Crippen LogP) is 2.46. The quantitative estimate of drug-likeness (QED) is 0.742. The first kappa shape index (κ1) is 19.2. The molecule has 1 aromatic carbocycles. The summed E-state index contributed by atoms with van der Waals surface area (Å²) < 4.78 is 0. The maximum absolute atomic E-state index is 11.7. The fourth-order valence-corrected chi connectivity index (χ4v) is 3.15. The molecule has 0 fully saturated rings. The lowest BCUT2D eigenvalue weighted by Crippen LogP contribution is -2.35. The zero-order chi connectivity index (χ0) is 19.3. The predicted molar refractivity (Wildman–Crippen MR) is 97.3 cm³/mol. The molecule has 2 aromatic rings. The number of hydrogen-bond acceptors (Lipinski definition) is 5. The second-order valence-corrected chi connectivity index (χ2v) is 5.97. The van der Waals surface area contributed by atoms with Gasteiger partial charge in [0.1, 0.15) is 17.5 Å². The van der Waals surface area contributed by atoms with E-state index in [0.717, 1.165) is 16.8 Å². The molecule has 1 aliphatic rings. The first-order valence-electron chi connectivity index (χ1n) is 7.74. The highest BCUT2D eigenvalue weighted by Crippen LogP contribution is 2.38. The van der Waals surface area contributed by atoms with E-state index < -0.39 is 0 Å². The van der Waals surface area contributed by atoms with Gasteiger partial charge in [-0.3, -0.25) is 9.59 Å². The first-order chi connectivity index (χ1) is 12.4. The summed E-state index contributed by atoms with van der Waals surface area (Å²) in [6.45, 7) is 2.30. The smallest absolute Gasteiger partial charge is 0.290 e. The van der Waals surface area contributed by atoms with Gasteiger partial charge in [-0.2, -0.15) is 5.26 Å². The summed E-state index contributed by atoms with van der Waals surface area (Å²) in [6, 6.07) is 9.44. The van der Waals surface area contributed by atoms with Gasteiger partial charge in [0.05, 0.1) is 5.69 Å².